The second-order valence-electron chi connectivity index (χ2n) is 5.10. The van der Waals surface area contributed by atoms with Crippen molar-refractivity contribution in [3.05, 3.63) is 47.7 Å². The van der Waals surface area contributed by atoms with Crippen LogP contribution in [0.3, 0.4) is 0 Å². The third kappa shape index (κ3) is 4.19. The number of hydrogen-bond donors (Lipinski definition) is 1. The van der Waals surface area contributed by atoms with Gasteiger partial charge in [-0.2, -0.15) is 0 Å². The largest absolute Gasteiger partial charge is 0.417 e. The molecule has 106 valence electrons. The number of nitrogens with zero attached hydrogens (tertiary/aromatic N) is 2. The average Bonchev–Trinajstić information content (AvgIpc) is 2.88. The van der Waals surface area contributed by atoms with Crippen molar-refractivity contribution in [3.63, 3.8) is 0 Å². The van der Waals surface area contributed by atoms with E-state index < -0.39 is 0 Å². The number of carbonyl (C=O) groups excluding carboxylic acids is 1. The van der Waals surface area contributed by atoms with E-state index in [0.717, 1.165) is 12.0 Å². The molecule has 1 N–H and O–H groups in total. The van der Waals surface area contributed by atoms with Gasteiger partial charge in [0.05, 0.1) is 6.42 Å². The molecule has 0 aliphatic carbocycles. The van der Waals surface area contributed by atoms with Crippen LogP contribution in [-0.2, 0) is 6.42 Å². The topological polar surface area (TPSA) is 68.0 Å². The third-order valence-corrected chi connectivity index (χ3v) is 2.87. The minimum absolute atomic E-state index is 0.0275. The van der Waals surface area contributed by atoms with Gasteiger partial charge in [0.1, 0.15) is 0 Å². The van der Waals surface area contributed by atoms with Crippen LogP contribution in [0.5, 0.6) is 0 Å². The molecule has 1 amide bonds. The summed E-state index contributed by atoms with van der Waals surface area (Å²) in [5.74, 6) is 0.717. The Hall–Kier alpha value is -2.17. The van der Waals surface area contributed by atoms with Crippen LogP contribution in [0.25, 0.3) is 0 Å². The van der Waals surface area contributed by atoms with E-state index in [2.05, 4.69) is 29.4 Å². The first-order valence-electron chi connectivity index (χ1n) is 6.79. The van der Waals surface area contributed by atoms with E-state index in [9.17, 15) is 4.79 Å². The number of amides is 1. The highest BCUT2D eigenvalue weighted by molar-refractivity contribution is 5.89. The van der Waals surface area contributed by atoms with Crippen LogP contribution < -0.4 is 5.32 Å². The number of hydrogen-bond acceptors (Lipinski definition) is 4. The summed E-state index contributed by atoms with van der Waals surface area (Å²) < 4.78 is 5.37. The van der Waals surface area contributed by atoms with Crippen molar-refractivity contribution in [2.24, 2.45) is 5.92 Å². The van der Waals surface area contributed by atoms with Crippen LogP contribution in [0.2, 0.25) is 0 Å². The van der Waals surface area contributed by atoms with E-state index in [-0.39, 0.29) is 11.8 Å². The summed E-state index contributed by atoms with van der Waals surface area (Å²) in [5.41, 5.74) is 1.07. The Morgan fingerprint density at radius 2 is 2.00 bits per heavy atom. The minimum Gasteiger partial charge on any atom is -0.417 e. The molecule has 0 aliphatic heterocycles. The van der Waals surface area contributed by atoms with E-state index in [0.29, 0.717) is 24.8 Å². The summed E-state index contributed by atoms with van der Waals surface area (Å²) in [6.07, 6.45) is 1.46. The molecule has 1 aromatic carbocycles. The molecule has 5 nitrogen and oxygen atoms in total. The van der Waals surface area contributed by atoms with Gasteiger partial charge in [-0.05, 0) is 17.9 Å². The molecule has 2 rings (SSSR count). The van der Waals surface area contributed by atoms with Gasteiger partial charge >= 0.3 is 11.8 Å². The summed E-state index contributed by atoms with van der Waals surface area (Å²) in [4.78, 5) is 11.8. The lowest BCUT2D eigenvalue weighted by Gasteiger charge is -2.04. The molecule has 5 heteroatoms. The summed E-state index contributed by atoms with van der Waals surface area (Å²) >= 11 is 0. The standard InChI is InChI=1S/C15H19N3O2/c1-11(2)8-9-16-14(19)15-18-17-13(20-15)10-12-6-4-3-5-7-12/h3-7,11H,8-10H2,1-2H3,(H,16,19). The Balaban J connectivity index is 1.90. The van der Waals surface area contributed by atoms with Crippen molar-refractivity contribution in [2.45, 2.75) is 26.7 Å². The minimum atomic E-state index is -0.308. The molecule has 0 saturated heterocycles. The number of carbonyl (C=O) groups is 1. The van der Waals surface area contributed by atoms with E-state index >= 15 is 0 Å². The molecule has 2 aromatic rings. The van der Waals surface area contributed by atoms with Gasteiger partial charge in [0.25, 0.3) is 0 Å². The zero-order valence-corrected chi connectivity index (χ0v) is 11.8. The lowest BCUT2D eigenvalue weighted by atomic mass is 10.1. The fourth-order valence-electron chi connectivity index (χ4n) is 1.74. The van der Waals surface area contributed by atoms with Crippen LogP contribution in [0.4, 0.5) is 0 Å². The second-order valence-corrected chi connectivity index (χ2v) is 5.10. The maximum atomic E-state index is 11.8. The molecule has 0 spiro atoms. The van der Waals surface area contributed by atoms with Gasteiger partial charge in [-0.1, -0.05) is 44.2 Å². The maximum Gasteiger partial charge on any atom is 0.308 e. The lowest BCUT2D eigenvalue weighted by molar-refractivity contribution is 0.0915. The highest BCUT2D eigenvalue weighted by atomic mass is 16.4. The Kier molecular flexibility index (Phi) is 4.87. The van der Waals surface area contributed by atoms with Crippen LogP contribution in [0.15, 0.2) is 34.7 Å². The fourth-order valence-corrected chi connectivity index (χ4v) is 1.74. The Labute approximate surface area is 118 Å². The first-order chi connectivity index (χ1) is 9.65. The number of nitrogens with one attached hydrogen (secondary N) is 1. The van der Waals surface area contributed by atoms with Crippen molar-refractivity contribution in [2.75, 3.05) is 6.54 Å². The van der Waals surface area contributed by atoms with Gasteiger partial charge in [0.15, 0.2) is 0 Å². The van der Waals surface area contributed by atoms with Crippen molar-refractivity contribution in [1.29, 1.82) is 0 Å². The Bertz CT molecular complexity index is 549. The molecule has 0 aliphatic rings. The molecule has 1 heterocycles. The zero-order chi connectivity index (χ0) is 14.4. The molecule has 0 unspecified atom stereocenters. The van der Waals surface area contributed by atoms with Crippen LogP contribution in [0.1, 0.15) is 42.4 Å². The Morgan fingerprint density at radius 3 is 2.70 bits per heavy atom. The highest BCUT2D eigenvalue weighted by Crippen LogP contribution is 2.08. The van der Waals surface area contributed by atoms with Gasteiger partial charge in [-0.15, -0.1) is 10.2 Å². The summed E-state index contributed by atoms with van der Waals surface area (Å²) in [6, 6.07) is 9.81. The second kappa shape index (κ2) is 6.84. The van der Waals surface area contributed by atoms with Gasteiger partial charge in [0.2, 0.25) is 5.89 Å². The number of rotatable bonds is 6. The normalized spacial score (nSPS) is 10.8. The molecule has 0 fully saturated rings. The molecule has 0 bridgehead atoms. The molecule has 0 saturated carbocycles. The van der Waals surface area contributed by atoms with E-state index in [1.54, 1.807) is 0 Å². The highest BCUT2D eigenvalue weighted by Gasteiger charge is 2.14. The smallest absolute Gasteiger partial charge is 0.308 e. The van der Waals surface area contributed by atoms with Crippen molar-refractivity contribution in [3.8, 4) is 0 Å². The van der Waals surface area contributed by atoms with Crippen LogP contribution in [0, 0.1) is 5.92 Å². The first kappa shape index (κ1) is 14.2. The van der Waals surface area contributed by atoms with Gasteiger partial charge in [0, 0.05) is 6.54 Å². The van der Waals surface area contributed by atoms with Gasteiger partial charge < -0.3 is 9.73 Å². The monoisotopic (exact) mass is 273 g/mol. The summed E-state index contributed by atoms with van der Waals surface area (Å²) in [7, 11) is 0. The molecule has 0 atom stereocenters. The van der Waals surface area contributed by atoms with E-state index in [4.69, 9.17) is 4.42 Å². The third-order valence-electron chi connectivity index (χ3n) is 2.87. The predicted octanol–water partition coefficient (Wildman–Crippen LogP) is 2.44. The van der Waals surface area contributed by atoms with Crippen LogP contribution in [-0.4, -0.2) is 22.6 Å². The zero-order valence-electron chi connectivity index (χ0n) is 11.8. The quantitative estimate of drug-likeness (QED) is 0.877. The Morgan fingerprint density at radius 1 is 1.25 bits per heavy atom. The van der Waals surface area contributed by atoms with Crippen LogP contribution >= 0.6 is 0 Å². The number of aromatic nitrogens is 2. The molecular weight excluding hydrogens is 254 g/mol. The predicted molar refractivity (Wildman–Crippen MR) is 75.3 cm³/mol. The molecule has 0 radical (unpaired) electrons. The van der Waals surface area contributed by atoms with Gasteiger partial charge in [-0.3, -0.25) is 4.79 Å². The summed E-state index contributed by atoms with van der Waals surface area (Å²) in [5, 5.41) is 10.5. The number of benzene rings is 1. The van der Waals surface area contributed by atoms with Crippen molar-refractivity contribution < 1.29 is 9.21 Å². The SMILES string of the molecule is CC(C)CCNC(=O)c1nnc(Cc2ccccc2)o1. The van der Waals surface area contributed by atoms with Crippen molar-refractivity contribution >= 4 is 5.91 Å². The lowest BCUT2D eigenvalue weighted by Crippen LogP contribution is -2.25. The van der Waals surface area contributed by atoms with E-state index in [1.165, 1.54) is 0 Å². The molecule has 1 aromatic heterocycles. The average molecular weight is 273 g/mol. The first-order valence-corrected chi connectivity index (χ1v) is 6.79. The fraction of sp³-hybridized carbons (Fsp3) is 0.400. The maximum absolute atomic E-state index is 11.8. The summed E-state index contributed by atoms with van der Waals surface area (Å²) in [6.45, 7) is 4.83. The van der Waals surface area contributed by atoms with Gasteiger partial charge in [-0.25, -0.2) is 0 Å². The van der Waals surface area contributed by atoms with E-state index in [1.807, 2.05) is 30.3 Å². The van der Waals surface area contributed by atoms with Crippen molar-refractivity contribution in [1.82, 2.24) is 15.5 Å². The molecule has 20 heavy (non-hydrogen) atoms. The molecular formula is C15H19N3O2.